The maximum Gasteiger partial charge on any atom is 0.215 e. The molecular formula is C13H22N2O5S. The third-order valence-electron chi connectivity index (χ3n) is 3.18. The van der Waals surface area contributed by atoms with Crippen LogP contribution in [-0.2, 0) is 10.0 Å². The molecule has 0 bridgehead atoms. The fourth-order valence-corrected chi connectivity index (χ4v) is 3.00. The second-order valence-corrected chi connectivity index (χ2v) is 6.60. The lowest BCUT2D eigenvalue weighted by molar-refractivity contribution is 0.105. The van der Waals surface area contributed by atoms with Crippen LogP contribution < -0.4 is 15.2 Å². The summed E-state index contributed by atoms with van der Waals surface area (Å²) in [6.07, 6.45) is 0.270. The van der Waals surface area contributed by atoms with Crippen molar-refractivity contribution in [3.05, 3.63) is 24.3 Å². The molecule has 0 amide bonds. The number of nitrogens with one attached hydrogen (secondary N) is 1. The number of aliphatic hydroxyl groups excluding tert-OH is 2. The third-order valence-corrected chi connectivity index (χ3v) is 4.63. The Balaban J connectivity index is 2.59. The van der Waals surface area contributed by atoms with Crippen LogP contribution in [0.15, 0.2) is 24.3 Å². The molecule has 0 unspecified atom stereocenters. The average Bonchev–Trinajstić information content (AvgIpc) is 2.47. The van der Waals surface area contributed by atoms with Gasteiger partial charge in [-0.25, -0.2) is 13.1 Å². The summed E-state index contributed by atoms with van der Waals surface area (Å²) in [6, 6.07) is 6.78. The van der Waals surface area contributed by atoms with Crippen molar-refractivity contribution in [2.24, 2.45) is 0 Å². The molecular weight excluding hydrogens is 296 g/mol. The van der Waals surface area contributed by atoms with Crippen LogP contribution in [0.3, 0.4) is 0 Å². The van der Waals surface area contributed by atoms with E-state index in [2.05, 4.69) is 4.72 Å². The highest BCUT2D eigenvalue weighted by Crippen LogP contribution is 2.19. The molecule has 120 valence electrons. The Morgan fingerprint density at radius 1 is 1.29 bits per heavy atom. The number of hydrogen-bond acceptors (Lipinski definition) is 6. The van der Waals surface area contributed by atoms with Crippen molar-refractivity contribution in [1.82, 2.24) is 4.72 Å². The van der Waals surface area contributed by atoms with Gasteiger partial charge >= 0.3 is 0 Å². The van der Waals surface area contributed by atoms with Gasteiger partial charge in [-0.2, -0.15) is 0 Å². The van der Waals surface area contributed by atoms with Gasteiger partial charge in [0.2, 0.25) is 10.0 Å². The summed E-state index contributed by atoms with van der Waals surface area (Å²) in [6.45, 7) is 0.633. The summed E-state index contributed by atoms with van der Waals surface area (Å²) >= 11 is 0. The fraction of sp³-hybridized carbons (Fsp3) is 0.538. The molecule has 0 aromatic heterocycles. The largest absolute Gasteiger partial charge is 0.490 e. The van der Waals surface area contributed by atoms with Crippen LogP contribution in [-0.4, -0.2) is 49.7 Å². The van der Waals surface area contributed by atoms with E-state index in [1.807, 2.05) is 0 Å². The number of benzene rings is 1. The van der Waals surface area contributed by atoms with E-state index in [-0.39, 0.29) is 18.8 Å². The highest BCUT2D eigenvalue weighted by atomic mass is 32.2. The van der Waals surface area contributed by atoms with Crippen LogP contribution in [0.2, 0.25) is 0 Å². The maximum atomic E-state index is 12.0. The Kier molecular flexibility index (Phi) is 6.41. The van der Waals surface area contributed by atoms with Crippen molar-refractivity contribution < 1.29 is 23.4 Å². The molecule has 1 aromatic carbocycles. The molecule has 0 saturated carbocycles. The molecule has 8 heteroatoms. The van der Waals surface area contributed by atoms with E-state index in [9.17, 15) is 18.6 Å². The molecule has 0 heterocycles. The molecule has 0 aliphatic rings. The monoisotopic (exact) mass is 318 g/mol. The lowest BCUT2D eigenvalue weighted by Crippen LogP contribution is -2.54. The van der Waals surface area contributed by atoms with Crippen molar-refractivity contribution >= 4 is 15.7 Å². The normalized spacial score (nSPS) is 12.3. The molecule has 0 aliphatic carbocycles. The topological polar surface area (TPSA) is 122 Å². The number of ether oxygens (including phenoxy) is 1. The molecule has 0 fully saturated rings. The second kappa shape index (κ2) is 7.60. The standard InChI is InChI=1S/C13H22N2O5S/c1-2-13(9-16,10-17)15-21(18,19)8-7-20-12-6-4-3-5-11(12)14/h3-6,15-17H,2,7-10,14H2,1H3. The number of nitrogens with two attached hydrogens (primary N) is 1. The van der Waals surface area contributed by atoms with Crippen molar-refractivity contribution in [2.45, 2.75) is 18.9 Å². The molecule has 5 N–H and O–H groups in total. The van der Waals surface area contributed by atoms with E-state index in [0.29, 0.717) is 11.4 Å². The predicted molar refractivity (Wildman–Crippen MR) is 80.5 cm³/mol. The predicted octanol–water partition coefficient (Wildman–Crippen LogP) is -0.300. The van der Waals surface area contributed by atoms with Gasteiger partial charge in [0.05, 0.1) is 30.2 Å². The fourth-order valence-electron chi connectivity index (χ4n) is 1.66. The zero-order chi connectivity index (χ0) is 15.9. The highest BCUT2D eigenvalue weighted by Gasteiger charge is 2.31. The molecule has 1 aromatic rings. The van der Waals surface area contributed by atoms with Gasteiger partial charge in [0, 0.05) is 0 Å². The minimum Gasteiger partial charge on any atom is -0.490 e. The van der Waals surface area contributed by atoms with Gasteiger partial charge in [0.15, 0.2) is 0 Å². The number of nitrogen functional groups attached to an aromatic ring is 1. The third kappa shape index (κ3) is 5.16. The summed E-state index contributed by atoms with van der Waals surface area (Å²) in [4.78, 5) is 0. The maximum absolute atomic E-state index is 12.0. The van der Waals surface area contributed by atoms with E-state index in [1.165, 1.54) is 0 Å². The van der Waals surface area contributed by atoms with E-state index < -0.39 is 28.8 Å². The Morgan fingerprint density at radius 2 is 1.90 bits per heavy atom. The number of rotatable bonds is 9. The SMILES string of the molecule is CCC(CO)(CO)NS(=O)(=O)CCOc1ccccc1N. The van der Waals surface area contributed by atoms with Crippen LogP contribution in [0, 0.1) is 0 Å². The summed E-state index contributed by atoms with van der Waals surface area (Å²) < 4.78 is 31.5. The van der Waals surface area contributed by atoms with E-state index in [0.717, 1.165) is 0 Å². The summed E-state index contributed by atoms with van der Waals surface area (Å²) in [7, 11) is -3.69. The highest BCUT2D eigenvalue weighted by molar-refractivity contribution is 7.89. The molecule has 0 spiro atoms. The molecule has 0 radical (unpaired) electrons. The number of sulfonamides is 1. The molecule has 0 aliphatic heterocycles. The Bertz CT molecular complexity index is 535. The van der Waals surface area contributed by atoms with Crippen LogP contribution in [0.4, 0.5) is 5.69 Å². The smallest absolute Gasteiger partial charge is 0.215 e. The van der Waals surface area contributed by atoms with Crippen molar-refractivity contribution in [3.63, 3.8) is 0 Å². The molecule has 0 atom stereocenters. The van der Waals surface area contributed by atoms with Crippen LogP contribution >= 0.6 is 0 Å². The van der Waals surface area contributed by atoms with Crippen molar-refractivity contribution in [2.75, 3.05) is 31.3 Å². The number of aliphatic hydroxyl groups is 2. The Hall–Kier alpha value is -1.35. The van der Waals surface area contributed by atoms with Crippen LogP contribution in [0.5, 0.6) is 5.75 Å². The minimum atomic E-state index is -3.69. The Labute approximate surface area is 124 Å². The van der Waals surface area contributed by atoms with Gasteiger partial charge in [-0.3, -0.25) is 0 Å². The second-order valence-electron chi connectivity index (χ2n) is 4.76. The quantitative estimate of drug-likeness (QED) is 0.464. The number of anilines is 1. The van der Waals surface area contributed by atoms with Gasteiger partial charge in [-0.15, -0.1) is 0 Å². The zero-order valence-corrected chi connectivity index (χ0v) is 12.8. The zero-order valence-electron chi connectivity index (χ0n) is 11.9. The summed E-state index contributed by atoms with van der Waals surface area (Å²) in [5, 5.41) is 18.5. The first kappa shape index (κ1) is 17.7. The van der Waals surface area contributed by atoms with E-state index >= 15 is 0 Å². The van der Waals surface area contributed by atoms with Crippen molar-refractivity contribution in [3.8, 4) is 5.75 Å². The lowest BCUT2D eigenvalue weighted by Gasteiger charge is -2.29. The molecule has 7 nitrogen and oxygen atoms in total. The van der Waals surface area contributed by atoms with Gasteiger partial charge < -0.3 is 20.7 Å². The van der Waals surface area contributed by atoms with Crippen LogP contribution in [0.25, 0.3) is 0 Å². The van der Waals surface area contributed by atoms with Crippen LogP contribution in [0.1, 0.15) is 13.3 Å². The van der Waals surface area contributed by atoms with E-state index in [1.54, 1.807) is 31.2 Å². The van der Waals surface area contributed by atoms with Gasteiger partial charge in [-0.05, 0) is 18.6 Å². The number of para-hydroxylation sites is 2. The van der Waals surface area contributed by atoms with Gasteiger partial charge in [0.25, 0.3) is 0 Å². The van der Waals surface area contributed by atoms with E-state index in [4.69, 9.17) is 10.5 Å². The summed E-state index contributed by atoms with van der Waals surface area (Å²) in [5.74, 6) is 0.113. The minimum absolute atomic E-state index is 0.0831. The first-order valence-corrected chi connectivity index (χ1v) is 8.24. The number of hydrogen-bond donors (Lipinski definition) is 4. The first-order chi connectivity index (χ1) is 9.88. The Morgan fingerprint density at radius 3 is 2.43 bits per heavy atom. The van der Waals surface area contributed by atoms with Gasteiger partial charge in [-0.1, -0.05) is 19.1 Å². The molecule has 0 saturated heterocycles. The lowest BCUT2D eigenvalue weighted by atomic mass is 10.0. The first-order valence-electron chi connectivity index (χ1n) is 6.59. The summed E-state index contributed by atoms with van der Waals surface area (Å²) in [5.41, 5.74) is 4.86. The van der Waals surface area contributed by atoms with Gasteiger partial charge in [0.1, 0.15) is 12.4 Å². The van der Waals surface area contributed by atoms with Crippen molar-refractivity contribution in [1.29, 1.82) is 0 Å². The molecule has 1 rings (SSSR count). The average molecular weight is 318 g/mol. The molecule has 21 heavy (non-hydrogen) atoms.